The first kappa shape index (κ1) is 14.3. The molecule has 0 saturated carbocycles. The molecule has 1 heterocycles. The molecular weight excluding hydrogens is 306 g/mol. The van der Waals surface area contributed by atoms with Crippen LogP contribution in [0.15, 0.2) is 22.7 Å². The van der Waals surface area contributed by atoms with E-state index in [2.05, 4.69) is 15.9 Å². The minimum absolute atomic E-state index is 0.222. The number of nitrogen functional groups attached to an aromatic ring is 1. The molecule has 1 saturated heterocycles. The number of nitrogens with zero attached hydrogens (tertiary/aromatic N) is 2. The first-order chi connectivity index (χ1) is 9.08. The highest BCUT2D eigenvalue weighted by molar-refractivity contribution is 9.10. The highest BCUT2D eigenvalue weighted by Crippen LogP contribution is 2.24. The van der Waals surface area contributed by atoms with E-state index >= 15 is 0 Å². The Bertz CT molecular complexity index is 458. The van der Waals surface area contributed by atoms with Crippen molar-refractivity contribution in [2.75, 3.05) is 32.4 Å². The number of rotatable bonds is 4. The topological polar surface area (TPSA) is 49.6 Å². The van der Waals surface area contributed by atoms with E-state index in [1.807, 2.05) is 35.0 Å². The molecule has 0 aliphatic carbocycles. The van der Waals surface area contributed by atoms with E-state index in [9.17, 15) is 4.79 Å². The van der Waals surface area contributed by atoms with E-state index in [1.165, 1.54) is 0 Å². The van der Waals surface area contributed by atoms with E-state index in [1.54, 1.807) is 0 Å². The Hall–Kier alpha value is -1.07. The lowest BCUT2D eigenvalue weighted by Crippen LogP contribution is -2.37. The number of benzene rings is 1. The van der Waals surface area contributed by atoms with E-state index in [0.29, 0.717) is 13.1 Å². The lowest BCUT2D eigenvalue weighted by atomic mass is 10.2. The SMILES string of the molecule is CN(CC(=O)N1CCCC1)Cc1cccc(N)c1Br. The standard InChI is InChI=1S/C14H20BrN3O/c1-17(10-13(19)18-7-2-3-8-18)9-11-5-4-6-12(16)14(11)15/h4-6H,2-3,7-10,16H2,1H3. The number of anilines is 1. The van der Waals surface area contributed by atoms with Gasteiger partial charge in [-0.25, -0.2) is 0 Å². The average molecular weight is 326 g/mol. The maximum atomic E-state index is 12.0. The van der Waals surface area contributed by atoms with E-state index in [-0.39, 0.29) is 5.91 Å². The van der Waals surface area contributed by atoms with Crippen LogP contribution in [0.3, 0.4) is 0 Å². The van der Waals surface area contributed by atoms with Gasteiger partial charge in [0.15, 0.2) is 0 Å². The Kier molecular flexibility index (Phi) is 4.82. The highest BCUT2D eigenvalue weighted by atomic mass is 79.9. The van der Waals surface area contributed by atoms with Crippen molar-refractivity contribution in [1.29, 1.82) is 0 Å². The van der Waals surface area contributed by atoms with Crippen LogP contribution in [0.1, 0.15) is 18.4 Å². The molecule has 1 fully saturated rings. The molecular formula is C14H20BrN3O. The van der Waals surface area contributed by atoms with Crippen LogP contribution in [0.25, 0.3) is 0 Å². The first-order valence-corrected chi connectivity index (χ1v) is 7.36. The van der Waals surface area contributed by atoms with Crippen molar-refractivity contribution in [1.82, 2.24) is 9.80 Å². The maximum Gasteiger partial charge on any atom is 0.236 e. The van der Waals surface area contributed by atoms with Crippen molar-refractivity contribution >= 4 is 27.5 Å². The molecule has 5 heteroatoms. The lowest BCUT2D eigenvalue weighted by molar-refractivity contribution is -0.131. The van der Waals surface area contributed by atoms with E-state index < -0.39 is 0 Å². The summed E-state index contributed by atoms with van der Waals surface area (Å²) in [6.45, 7) is 3.00. The number of halogens is 1. The molecule has 0 spiro atoms. The third-order valence-electron chi connectivity index (χ3n) is 3.41. The fraction of sp³-hybridized carbons (Fsp3) is 0.500. The molecule has 0 atom stereocenters. The van der Waals surface area contributed by atoms with Gasteiger partial charge in [-0.3, -0.25) is 9.69 Å². The first-order valence-electron chi connectivity index (χ1n) is 6.57. The van der Waals surface area contributed by atoms with Crippen LogP contribution in [0.2, 0.25) is 0 Å². The summed E-state index contributed by atoms with van der Waals surface area (Å²) >= 11 is 3.49. The molecule has 0 bridgehead atoms. The third kappa shape index (κ3) is 3.70. The second-order valence-electron chi connectivity index (χ2n) is 5.08. The van der Waals surface area contributed by atoms with Crippen molar-refractivity contribution < 1.29 is 4.79 Å². The predicted molar refractivity (Wildman–Crippen MR) is 80.7 cm³/mol. The number of carbonyl (C=O) groups is 1. The molecule has 2 N–H and O–H groups in total. The summed E-state index contributed by atoms with van der Waals surface area (Å²) in [4.78, 5) is 16.0. The number of nitrogens with two attached hydrogens (primary N) is 1. The molecule has 1 aromatic rings. The Balaban J connectivity index is 1.91. The van der Waals surface area contributed by atoms with Gasteiger partial charge in [0.2, 0.25) is 5.91 Å². The molecule has 1 aromatic carbocycles. The number of carbonyl (C=O) groups excluding carboxylic acids is 1. The van der Waals surface area contributed by atoms with Crippen LogP contribution in [0, 0.1) is 0 Å². The normalized spacial score (nSPS) is 15.2. The average Bonchev–Trinajstić information content (AvgIpc) is 2.88. The van der Waals surface area contributed by atoms with Crippen LogP contribution in [0.4, 0.5) is 5.69 Å². The Morgan fingerprint density at radius 3 is 2.79 bits per heavy atom. The summed E-state index contributed by atoms with van der Waals surface area (Å²) in [5.41, 5.74) is 7.70. The largest absolute Gasteiger partial charge is 0.398 e. The Morgan fingerprint density at radius 2 is 2.11 bits per heavy atom. The van der Waals surface area contributed by atoms with Gasteiger partial charge < -0.3 is 10.6 Å². The predicted octanol–water partition coefficient (Wildman–Crippen LogP) is 2.09. The van der Waals surface area contributed by atoms with Gasteiger partial charge in [0.1, 0.15) is 0 Å². The van der Waals surface area contributed by atoms with Crippen LogP contribution in [0.5, 0.6) is 0 Å². The summed E-state index contributed by atoms with van der Waals surface area (Å²) in [7, 11) is 1.96. The van der Waals surface area contributed by atoms with Gasteiger partial charge in [0.25, 0.3) is 0 Å². The number of hydrogen-bond acceptors (Lipinski definition) is 3. The molecule has 19 heavy (non-hydrogen) atoms. The summed E-state index contributed by atoms with van der Waals surface area (Å²) in [5, 5.41) is 0. The van der Waals surface area contributed by atoms with Gasteiger partial charge in [-0.15, -0.1) is 0 Å². The molecule has 2 rings (SSSR count). The van der Waals surface area contributed by atoms with Crippen LogP contribution < -0.4 is 5.73 Å². The fourth-order valence-corrected chi connectivity index (χ4v) is 2.76. The van der Waals surface area contributed by atoms with Crippen LogP contribution in [-0.2, 0) is 11.3 Å². The molecule has 0 aromatic heterocycles. The molecule has 4 nitrogen and oxygen atoms in total. The lowest BCUT2D eigenvalue weighted by Gasteiger charge is -2.21. The number of likely N-dealkylation sites (N-methyl/N-ethyl adjacent to an activating group) is 1. The Morgan fingerprint density at radius 1 is 1.42 bits per heavy atom. The van der Waals surface area contributed by atoms with Crippen molar-refractivity contribution in [2.45, 2.75) is 19.4 Å². The second-order valence-corrected chi connectivity index (χ2v) is 5.87. The zero-order valence-electron chi connectivity index (χ0n) is 11.2. The number of likely N-dealkylation sites (tertiary alicyclic amines) is 1. The smallest absolute Gasteiger partial charge is 0.236 e. The Labute approximate surface area is 122 Å². The zero-order chi connectivity index (χ0) is 13.8. The van der Waals surface area contributed by atoms with Crippen molar-refractivity contribution in [3.8, 4) is 0 Å². The molecule has 104 valence electrons. The third-order valence-corrected chi connectivity index (χ3v) is 4.38. The van der Waals surface area contributed by atoms with Gasteiger partial charge in [0.05, 0.1) is 6.54 Å². The molecule has 0 unspecified atom stereocenters. The minimum Gasteiger partial charge on any atom is -0.398 e. The zero-order valence-corrected chi connectivity index (χ0v) is 12.8. The second kappa shape index (κ2) is 6.39. The van der Waals surface area contributed by atoms with Gasteiger partial charge in [-0.1, -0.05) is 12.1 Å². The van der Waals surface area contributed by atoms with Gasteiger partial charge in [0, 0.05) is 29.8 Å². The van der Waals surface area contributed by atoms with E-state index in [0.717, 1.165) is 41.7 Å². The summed E-state index contributed by atoms with van der Waals surface area (Å²) in [6.07, 6.45) is 2.27. The summed E-state index contributed by atoms with van der Waals surface area (Å²) in [6, 6.07) is 5.83. The monoisotopic (exact) mass is 325 g/mol. The summed E-state index contributed by atoms with van der Waals surface area (Å²) < 4.78 is 0.926. The summed E-state index contributed by atoms with van der Waals surface area (Å²) in [5.74, 6) is 0.222. The molecule has 1 aliphatic heterocycles. The minimum atomic E-state index is 0.222. The van der Waals surface area contributed by atoms with Crippen LogP contribution in [-0.4, -0.2) is 42.4 Å². The van der Waals surface area contributed by atoms with Gasteiger partial charge >= 0.3 is 0 Å². The van der Waals surface area contributed by atoms with Crippen LogP contribution >= 0.6 is 15.9 Å². The van der Waals surface area contributed by atoms with Crippen molar-refractivity contribution in [3.63, 3.8) is 0 Å². The fourth-order valence-electron chi connectivity index (χ4n) is 2.37. The number of amides is 1. The van der Waals surface area contributed by atoms with Crippen molar-refractivity contribution in [2.24, 2.45) is 0 Å². The number of hydrogen-bond donors (Lipinski definition) is 1. The van der Waals surface area contributed by atoms with Crippen molar-refractivity contribution in [3.05, 3.63) is 28.2 Å². The van der Waals surface area contributed by atoms with Gasteiger partial charge in [-0.05, 0) is 47.4 Å². The van der Waals surface area contributed by atoms with E-state index in [4.69, 9.17) is 5.73 Å². The quantitative estimate of drug-likeness (QED) is 0.862. The van der Waals surface area contributed by atoms with Gasteiger partial charge in [-0.2, -0.15) is 0 Å². The highest BCUT2D eigenvalue weighted by Gasteiger charge is 2.19. The molecule has 1 amide bonds. The molecule has 0 radical (unpaired) electrons. The molecule has 1 aliphatic rings. The maximum absolute atomic E-state index is 12.0.